The van der Waals surface area contributed by atoms with Crippen LogP contribution in [0, 0.1) is 0 Å². The Hall–Kier alpha value is -2.79. The molecular formula is C27H34N2O6S. The minimum absolute atomic E-state index is 0.0141. The van der Waals surface area contributed by atoms with Gasteiger partial charge in [0, 0.05) is 18.7 Å². The lowest BCUT2D eigenvalue weighted by Gasteiger charge is -2.14. The largest absolute Gasteiger partial charge is 0.508 e. The second-order valence-corrected chi connectivity index (χ2v) is 10.2. The molecule has 3 aromatic rings. The van der Waals surface area contributed by atoms with Gasteiger partial charge in [-0.25, -0.2) is 13.6 Å². The molecule has 3 rings (SSSR count). The molecule has 0 aromatic heterocycles. The molecule has 3 aromatic carbocycles. The molecule has 0 aliphatic rings. The first kappa shape index (κ1) is 27.8. The summed E-state index contributed by atoms with van der Waals surface area (Å²) in [5.41, 5.74) is 4.17. The lowest BCUT2D eigenvalue weighted by molar-refractivity contribution is 0.118. The molecule has 6 N–H and O–H groups in total. The van der Waals surface area contributed by atoms with Crippen LogP contribution < -0.4 is 10.5 Å². The molecule has 0 unspecified atom stereocenters. The molecule has 0 fully saturated rings. The second-order valence-electron chi connectivity index (χ2n) is 8.68. The Labute approximate surface area is 212 Å². The lowest BCUT2D eigenvalue weighted by atomic mass is 10.0. The van der Waals surface area contributed by atoms with Gasteiger partial charge in [0.15, 0.2) is 0 Å². The molecule has 0 bridgehead atoms. The van der Waals surface area contributed by atoms with E-state index in [0.717, 1.165) is 29.5 Å². The number of hydrogen-bond acceptors (Lipinski definition) is 7. The van der Waals surface area contributed by atoms with E-state index in [-0.39, 0.29) is 17.3 Å². The summed E-state index contributed by atoms with van der Waals surface area (Å²) in [4.78, 5) is 0.123. The van der Waals surface area contributed by atoms with Crippen LogP contribution in [0.1, 0.15) is 40.3 Å². The topological polar surface area (TPSA) is 142 Å². The van der Waals surface area contributed by atoms with Crippen LogP contribution in [0.15, 0.2) is 71.6 Å². The van der Waals surface area contributed by atoms with Crippen LogP contribution in [0.25, 0.3) is 0 Å². The summed E-state index contributed by atoms with van der Waals surface area (Å²) >= 11 is 0. The third-order valence-electron chi connectivity index (χ3n) is 5.83. The summed E-state index contributed by atoms with van der Waals surface area (Å²) < 4.78 is 28.7. The second kappa shape index (κ2) is 13.5. The highest BCUT2D eigenvalue weighted by Gasteiger charge is 2.10. The monoisotopic (exact) mass is 514 g/mol. The number of rotatable bonds is 14. The van der Waals surface area contributed by atoms with Gasteiger partial charge in [-0.1, -0.05) is 42.5 Å². The van der Waals surface area contributed by atoms with Crippen molar-refractivity contribution in [2.45, 2.75) is 43.5 Å². The number of hydrogen-bond donors (Lipinski definition) is 5. The molecule has 0 aliphatic carbocycles. The van der Waals surface area contributed by atoms with Crippen LogP contribution in [-0.2, 0) is 40.8 Å². The Morgan fingerprint density at radius 1 is 0.944 bits per heavy atom. The fourth-order valence-electron chi connectivity index (χ4n) is 3.85. The molecule has 0 spiro atoms. The van der Waals surface area contributed by atoms with Gasteiger partial charge in [-0.2, -0.15) is 0 Å². The van der Waals surface area contributed by atoms with Gasteiger partial charge in [0.25, 0.3) is 0 Å². The first-order valence-electron chi connectivity index (χ1n) is 11.8. The number of ether oxygens (including phenoxy) is 1. The SMILES string of the molecule is NS(=O)(=O)c1cccc(CCCOCc2cccc(CCNC[C@@H](O)c3ccc(O)c(CO)c3)c2)c1. The summed E-state index contributed by atoms with van der Waals surface area (Å²) in [5, 5.41) is 37.7. The highest BCUT2D eigenvalue weighted by atomic mass is 32.2. The van der Waals surface area contributed by atoms with Crippen LogP contribution >= 0.6 is 0 Å². The Balaban J connectivity index is 1.36. The van der Waals surface area contributed by atoms with E-state index in [0.29, 0.717) is 43.9 Å². The van der Waals surface area contributed by atoms with E-state index < -0.39 is 16.1 Å². The summed E-state index contributed by atoms with van der Waals surface area (Å²) in [6.07, 6.45) is 1.52. The number of aliphatic hydroxyl groups excluding tert-OH is 2. The van der Waals surface area contributed by atoms with E-state index in [2.05, 4.69) is 11.4 Å². The molecule has 8 nitrogen and oxygen atoms in total. The van der Waals surface area contributed by atoms with Crippen LogP contribution in [0.4, 0.5) is 0 Å². The summed E-state index contributed by atoms with van der Waals surface area (Å²) in [6, 6.07) is 19.5. The molecule has 1 atom stereocenters. The number of aliphatic hydroxyl groups is 2. The average molecular weight is 515 g/mol. The van der Waals surface area contributed by atoms with E-state index >= 15 is 0 Å². The zero-order valence-electron chi connectivity index (χ0n) is 20.1. The predicted molar refractivity (Wildman–Crippen MR) is 138 cm³/mol. The molecule has 0 saturated carbocycles. The molecule has 0 amide bonds. The van der Waals surface area contributed by atoms with E-state index in [1.165, 1.54) is 12.1 Å². The van der Waals surface area contributed by atoms with Gasteiger partial charge in [-0.3, -0.25) is 0 Å². The molecule has 36 heavy (non-hydrogen) atoms. The molecule has 0 heterocycles. The van der Waals surface area contributed by atoms with Gasteiger partial charge in [0.1, 0.15) is 5.75 Å². The van der Waals surface area contributed by atoms with E-state index in [4.69, 9.17) is 9.88 Å². The maximum Gasteiger partial charge on any atom is 0.238 e. The van der Waals surface area contributed by atoms with E-state index in [9.17, 15) is 23.7 Å². The quantitative estimate of drug-likeness (QED) is 0.208. The predicted octanol–water partition coefficient (Wildman–Crippen LogP) is 2.55. The lowest BCUT2D eigenvalue weighted by Crippen LogP contribution is -2.23. The standard InChI is InChI=1S/C27H34N2O6S/c28-36(33,34)25-8-2-5-20(15-25)7-3-13-35-19-22-6-1-4-21(14-22)11-12-29-17-27(32)23-9-10-26(31)24(16-23)18-30/h1-2,4-6,8-10,14-16,27,29-32H,3,7,11-13,17-19H2,(H2,28,33,34)/t27-/m1/s1. The minimum Gasteiger partial charge on any atom is -0.508 e. The number of nitrogens with one attached hydrogen (secondary N) is 1. The number of nitrogens with two attached hydrogens (primary N) is 1. The smallest absolute Gasteiger partial charge is 0.238 e. The van der Waals surface area contributed by atoms with Gasteiger partial charge in [0.2, 0.25) is 10.0 Å². The summed E-state index contributed by atoms with van der Waals surface area (Å²) in [7, 11) is -3.70. The van der Waals surface area contributed by atoms with Crippen molar-refractivity contribution < 1.29 is 28.5 Å². The molecule has 0 radical (unpaired) electrons. The molecule has 9 heteroatoms. The van der Waals surface area contributed by atoms with Crippen LogP contribution in [0.5, 0.6) is 5.75 Å². The van der Waals surface area contributed by atoms with Crippen molar-refractivity contribution >= 4 is 10.0 Å². The highest BCUT2D eigenvalue weighted by Crippen LogP contribution is 2.22. The minimum atomic E-state index is -3.70. The number of phenols is 1. The Morgan fingerprint density at radius 2 is 1.67 bits per heavy atom. The normalized spacial score (nSPS) is 12.5. The highest BCUT2D eigenvalue weighted by molar-refractivity contribution is 7.89. The number of aryl methyl sites for hydroxylation is 1. The van der Waals surface area contributed by atoms with Crippen LogP contribution in [0.3, 0.4) is 0 Å². The number of benzene rings is 3. The van der Waals surface area contributed by atoms with Crippen molar-refractivity contribution in [2.75, 3.05) is 19.7 Å². The number of primary sulfonamides is 1. The Kier molecular flexibility index (Phi) is 10.4. The van der Waals surface area contributed by atoms with Gasteiger partial charge < -0.3 is 25.4 Å². The van der Waals surface area contributed by atoms with Crippen molar-refractivity contribution in [3.8, 4) is 5.75 Å². The first-order chi connectivity index (χ1) is 17.3. The zero-order valence-corrected chi connectivity index (χ0v) is 21.0. The van der Waals surface area contributed by atoms with Crippen molar-refractivity contribution in [2.24, 2.45) is 5.14 Å². The van der Waals surface area contributed by atoms with Gasteiger partial charge in [-0.15, -0.1) is 0 Å². The molecular weight excluding hydrogens is 480 g/mol. The Morgan fingerprint density at radius 3 is 2.42 bits per heavy atom. The van der Waals surface area contributed by atoms with E-state index in [1.54, 1.807) is 24.3 Å². The fraction of sp³-hybridized carbons (Fsp3) is 0.333. The molecule has 0 aliphatic heterocycles. The third-order valence-corrected chi connectivity index (χ3v) is 6.74. The maximum atomic E-state index is 11.5. The van der Waals surface area contributed by atoms with Crippen molar-refractivity contribution in [1.82, 2.24) is 5.32 Å². The number of sulfonamides is 1. The summed E-state index contributed by atoms with van der Waals surface area (Å²) in [5.74, 6) is 0.0141. The molecule has 0 saturated heterocycles. The van der Waals surface area contributed by atoms with Gasteiger partial charge in [0.05, 0.1) is 24.2 Å². The van der Waals surface area contributed by atoms with Crippen molar-refractivity contribution in [3.05, 3.63) is 94.5 Å². The molecule has 194 valence electrons. The average Bonchev–Trinajstić information content (AvgIpc) is 2.86. The van der Waals surface area contributed by atoms with Gasteiger partial charge in [-0.05, 0) is 72.3 Å². The zero-order chi connectivity index (χ0) is 26.0. The fourth-order valence-corrected chi connectivity index (χ4v) is 4.43. The van der Waals surface area contributed by atoms with Crippen LogP contribution in [-0.4, -0.2) is 43.4 Å². The Bertz CT molecular complexity index is 1230. The van der Waals surface area contributed by atoms with E-state index in [1.807, 2.05) is 24.3 Å². The number of aromatic hydroxyl groups is 1. The third kappa shape index (κ3) is 8.70. The van der Waals surface area contributed by atoms with Crippen molar-refractivity contribution in [1.29, 1.82) is 0 Å². The van der Waals surface area contributed by atoms with Gasteiger partial charge >= 0.3 is 0 Å². The van der Waals surface area contributed by atoms with Crippen LogP contribution in [0.2, 0.25) is 0 Å². The summed E-state index contributed by atoms with van der Waals surface area (Å²) in [6.45, 7) is 1.81. The first-order valence-corrected chi connectivity index (χ1v) is 13.4. The van der Waals surface area contributed by atoms with Crippen molar-refractivity contribution in [3.63, 3.8) is 0 Å². The maximum absolute atomic E-state index is 11.5.